The Morgan fingerprint density at radius 2 is 1.81 bits per heavy atom. The number of aromatic nitrogens is 2. The van der Waals surface area contributed by atoms with E-state index in [0.29, 0.717) is 29.9 Å². The summed E-state index contributed by atoms with van der Waals surface area (Å²) in [6, 6.07) is 25.9. The molecule has 0 amide bonds. The fraction of sp³-hybridized carbons (Fsp3) is 0.219. The molecule has 0 aliphatic heterocycles. The number of carbonyl (C=O) groups excluding carboxylic acids is 1. The molecule has 1 unspecified atom stereocenters. The van der Waals surface area contributed by atoms with Crippen LogP contribution >= 0.6 is 0 Å². The van der Waals surface area contributed by atoms with Crippen LogP contribution in [0.15, 0.2) is 95.8 Å². The predicted molar refractivity (Wildman–Crippen MR) is 144 cm³/mol. The number of aryl methyl sites for hydroxylation is 2. The summed E-state index contributed by atoms with van der Waals surface area (Å²) in [6.07, 6.45) is 3.74. The Morgan fingerprint density at radius 3 is 2.54 bits per heavy atom. The first-order valence-corrected chi connectivity index (χ1v) is 12.5. The summed E-state index contributed by atoms with van der Waals surface area (Å²) >= 11 is 0. The fourth-order valence-electron chi connectivity index (χ4n) is 4.98. The van der Waals surface area contributed by atoms with Crippen molar-refractivity contribution in [2.45, 2.75) is 45.1 Å². The first-order valence-electron chi connectivity index (χ1n) is 12.5. The number of carbonyl (C=O) groups is 1. The number of aliphatic hydroxyl groups is 1. The van der Waals surface area contributed by atoms with E-state index < -0.39 is 5.60 Å². The number of ketones is 1. The van der Waals surface area contributed by atoms with Crippen LogP contribution in [-0.4, -0.2) is 20.9 Å². The summed E-state index contributed by atoms with van der Waals surface area (Å²) in [7, 11) is 0. The molecule has 0 aliphatic rings. The second-order valence-corrected chi connectivity index (χ2v) is 9.89. The molecule has 5 aromatic rings. The number of furan rings is 1. The first-order chi connectivity index (χ1) is 17.8. The van der Waals surface area contributed by atoms with Crippen LogP contribution in [-0.2, 0) is 16.8 Å². The van der Waals surface area contributed by atoms with Crippen molar-refractivity contribution in [1.29, 1.82) is 0 Å². The molecule has 0 aliphatic carbocycles. The molecule has 0 spiro atoms. The molecular formula is C32H30N2O3. The molecule has 1 N–H and O–H groups in total. The Morgan fingerprint density at radius 1 is 1.00 bits per heavy atom. The van der Waals surface area contributed by atoms with Gasteiger partial charge in [-0.3, -0.25) is 4.79 Å². The largest absolute Gasteiger partial charge is 0.458 e. The molecule has 2 heterocycles. The number of Topliss-reactive ketones (excluding diaryl/α,β-unsaturated/α-hetero) is 1. The highest BCUT2D eigenvalue weighted by Crippen LogP contribution is 2.34. The molecule has 5 nitrogen and oxygen atoms in total. The Labute approximate surface area is 216 Å². The molecule has 0 bridgehead atoms. The van der Waals surface area contributed by atoms with Crippen molar-refractivity contribution in [3.05, 3.63) is 131 Å². The zero-order valence-electron chi connectivity index (χ0n) is 21.3. The molecule has 0 saturated heterocycles. The molecular weight excluding hydrogens is 460 g/mol. The van der Waals surface area contributed by atoms with E-state index in [-0.39, 0.29) is 11.7 Å². The topological polar surface area (TPSA) is 76.2 Å². The summed E-state index contributed by atoms with van der Waals surface area (Å²) in [6.45, 7) is 5.85. The second-order valence-electron chi connectivity index (χ2n) is 9.89. The van der Waals surface area contributed by atoms with Crippen LogP contribution in [0.3, 0.4) is 0 Å². The molecule has 5 rings (SSSR count). The molecule has 2 aromatic heterocycles. The van der Waals surface area contributed by atoms with E-state index in [4.69, 9.17) is 4.42 Å². The Balaban J connectivity index is 1.38. The lowest BCUT2D eigenvalue weighted by Crippen LogP contribution is -2.23. The maximum absolute atomic E-state index is 13.4. The van der Waals surface area contributed by atoms with E-state index in [9.17, 15) is 9.90 Å². The number of rotatable bonds is 8. The van der Waals surface area contributed by atoms with Gasteiger partial charge in [0, 0.05) is 30.3 Å². The van der Waals surface area contributed by atoms with Crippen molar-refractivity contribution in [1.82, 2.24) is 9.97 Å². The summed E-state index contributed by atoms with van der Waals surface area (Å²) < 4.78 is 5.95. The van der Waals surface area contributed by atoms with E-state index in [0.717, 1.165) is 16.5 Å². The van der Waals surface area contributed by atoms with Crippen molar-refractivity contribution in [2.24, 2.45) is 0 Å². The van der Waals surface area contributed by atoms with Crippen molar-refractivity contribution in [3.63, 3.8) is 0 Å². The van der Waals surface area contributed by atoms with Gasteiger partial charge in [-0.25, -0.2) is 9.97 Å². The number of hydrogen-bond acceptors (Lipinski definition) is 5. The van der Waals surface area contributed by atoms with Gasteiger partial charge in [-0.15, -0.1) is 0 Å². The Kier molecular flexibility index (Phi) is 6.72. The van der Waals surface area contributed by atoms with Gasteiger partial charge in [0.1, 0.15) is 23.5 Å². The van der Waals surface area contributed by atoms with Crippen LogP contribution in [0, 0.1) is 13.8 Å². The number of hydrogen-bond donors (Lipinski definition) is 1. The smallest absolute Gasteiger partial charge is 0.161 e. The standard InChI is InChI=1S/C32H30N2O3/c1-21-9-11-27(22(2)15-21)28(24-7-5-4-6-8-24)19-26(35)17-23-10-12-29-25(16-23)18-31(37-29)32(3,36)30-13-14-33-20-34-30/h4-16,18,20,28,36H,17,19H2,1-3H3/t28-,32?/m0/s1. The molecule has 0 radical (unpaired) electrons. The molecule has 37 heavy (non-hydrogen) atoms. The lowest BCUT2D eigenvalue weighted by molar-refractivity contribution is -0.118. The highest BCUT2D eigenvalue weighted by molar-refractivity contribution is 5.85. The Hall–Kier alpha value is -4.09. The monoisotopic (exact) mass is 490 g/mol. The molecule has 2 atom stereocenters. The Bertz CT molecular complexity index is 1540. The van der Waals surface area contributed by atoms with Gasteiger partial charge in [0.15, 0.2) is 5.60 Å². The van der Waals surface area contributed by atoms with E-state index in [1.807, 2.05) is 42.5 Å². The fourth-order valence-corrected chi connectivity index (χ4v) is 4.98. The summed E-state index contributed by atoms with van der Waals surface area (Å²) in [5.74, 6) is 0.565. The van der Waals surface area contributed by atoms with Crippen LogP contribution in [0.25, 0.3) is 11.0 Å². The van der Waals surface area contributed by atoms with Crippen molar-refractivity contribution in [2.75, 3.05) is 0 Å². The minimum atomic E-state index is -1.40. The zero-order valence-corrected chi connectivity index (χ0v) is 21.3. The summed E-state index contributed by atoms with van der Waals surface area (Å²) in [5, 5.41) is 11.9. The third-order valence-corrected chi connectivity index (χ3v) is 6.98. The van der Waals surface area contributed by atoms with Crippen molar-refractivity contribution in [3.8, 4) is 0 Å². The second kappa shape index (κ2) is 10.1. The van der Waals surface area contributed by atoms with E-state index in [1.165, 1.54) is 23.0 Å². The van der Waals surface area contributed by atoms with Gasteiger partial charge in [-0.2, -0.15) is 0 Å². The number of benzene rings is 3. The minimum absolute atomic E-state index is 0.00141. The van der Waals surface area contributed by atoms with Gasteiger partial charge in [0.2, 0.25) is 0 Å². The van der Waals surface area contributed by atoms with E-state index in [2.05, 4.69) is 54.1 Å². The van der Waals surface area contributed by atoms with Crippen LogP contribution in [0.2, 0.25) is 0 Å². The highest BCUT2D eigenvalue weighted by atomic mass is 16.4. The maximum atomic E-state index is 13.4. The van der Waals surface area contributed by atoms with Gasteiger partial charge in [-0.05, 0) is 67.3 Å². The normalized spacial score (nSPS) is 13.8. The number of fused-ring (bicyclic) bond motifs is 1. The SMILES string of the molecule is Cc1ccc([C@@H](CC(=O)Cc2ccc3oc(C(C)(O)c4ccncn4)cc3c2)c2ccccc2)c(C)c1. The van der Waals surface area contributed by atoms with Gasteiger partial charge in [-0.1, -0.05) is 60.2 Å². The van der Waals surface area contributed by atoms with Crippen molar-refractivity contribution >= 4 is 16.8 Å². The minimum Gasteiger partial charge on any atom is -0.458 e. The molecule has 186 valence electrons. The van der Waals surface area contributed by atoms with Gasteiger partial charge in [0.25, 0.3) is 0 Å². The van der Waals surface area contributed by atoms with Gasteiger partial charge >= 0.3 is 0 Å². The third kappa shape index (κ3) is 5.23. The van der Waals surface area contributed by atoms with Crippen molar-refractivity contribution < 1.29 is 14.3 Å². The summed E-state index contributed by atoms with van der Waals surface area (Å²) in [5.41, 5.74) is 5.37. The van der Waals surface area contributed by atoms with E-state index >= 15 is 0 Å². The number of nitrogens with zero attached hydrogens (tertiary/aromatic N) is 2. The van der Waals surface area contributed by atoms with Crippen LogP contribution in [0.5, 0.6) is 0 Å². The predicted octanol–water partition coefficient (Wildman–Crippen LogP) is 6.43. The van der Waals surface area contributed by atoms with Crippen LogP contribution in [0.4, 0.5) is 0 Å². The maximum Gasteiger partial charge on any atom is 0.161 e. The van der Waals surface area contributed by atoms with Gasteiger partial charge < -0.3 is 9.52 Å². The highest BCUT2D eigenvalue weighted by Gasteiger charge is 2.31. The molecule has 5 heteroatoms. The first kappa shape index (κ1) is 24.6. The lowest BCUT2D eigenvalue weighted by atomic mass is 9.83. The molecule has 0 saturated carbocycles. The lowest BCUT2D eigenvalue weighted by Gasteiger charge is -2.20. The summed E-state index contributed by atoms with van der Waals surface area (Å²) in [4.78, 5) is 21.4. The molecule has 3 aromatic carbocycles. The van der Waals surface area contributed by atoms with Crippen LogP contribution < -0.4 is 0 Å². The third-order valence-electron chi connectivity index (χ3n) is 6.98. The zero-order chi connectivity index (χ0) is 26.0. The van der Waals surface area contributed by atoms with E-state index in [1.54, 1.807) is 19.2 Å². The quantitative estimate of drug-likeness (QED) is 0.271. The molecule has 0 fully saturated rings. The average Bonchev–Trinajstić information content (AvgIpc) is 3.33. The average molecular weight is 491 g/mol. The van der Waals surface area contributed by atoms with Crippen LogP contribution in [0.1, 0.15) is 58.5 Å². The van der Waals surface area contributed by atoms with Gasteiger partial charge in [0.05, 0.1) is 5.69 Å².